The molecule has 0 aliphatic carbocycles. The van der Waals surface area contributed by atoms with Crippen LogP contribution in [0.15, 0.2) is 24.3 Å². The van der Waals surface area contributed by atoms with Crippen molar-refractivity contribution in [3.63, 3.8) is 0 Å². The Morgan fingerprint density at radius 2 is 2.06 bits per heavy atom. The summed E-state index contributed by atoms with van der Waals surface area (Å²) in [6.07, 6.45) is -0.380. The quantitative estimate of drug-likeness (QED) is 0.824. The zero-order chi connectivity index (χ0) is 13.8. The summed E-state index contributed by atoms with van der Waals surface area (Å²) >= 11 is 0. The predicted octanol–water partition coefficient (Wildman–Crippen LogP) is 3.58. The van der Waals surface area contributed by atoms with Gasteiger partial charge in [0.25, 0.3) is 0 Å². The van der Waals surface area contributed by atoms with Crippen molar-refractivity contribution in [2.75, 3.05) is 6.54 Å². The molecule has 0 N–H and O–H groups in total. The highest BCUT2D eigenvalue weighted by Gasteiger charge is 2.21. The maximum atomic E-state index is 13.1. The largest absolute Gasteiger partial charge is 0.444 e. The summed E-state index contributed by atoms with van der Waals surface area (Å²) in [7, 11) is 0. The van der Waals surface area contributed by atoms with Gasteiger partial charge in [0.05, 0.1) is 0 Å². The summed E-state index contributed by atoms with van der Waals surface area (Å²) in [5.74, 6) is -0.298. The first-order chi connectivity index (χ1) is 8.31. The second-order valence-electron chi connectivity index (χ2n) is 5.12. The van der Waals surface area contributed by atoms with Crippen molar-refractivity contribution in [1.29, 1.82) is 0 Å². The highest BCUT2D eigenvalue weighted by atomic mass is 19.1. The second kappa shape index (κ2) is 5.85. The van der Waals surface area contributed by atoms with E-state index >= 15 is 0 Å². The van der Waals surface area contributed by atoms with E-state index in [-0.39, 0.29) is 11.9 Å². The number of carbonyl (C=O) groups is 1. The molecule has 3 nitrogen and oxygen atoms in total. The Morgan fingerprint density at radius 1 is 1.39 bits per heavy atom. The van der Waals surface area contributed by atoms with Gasteiger partial charge in [0.1, 0.15) is 11.4 Å². The topological polar surface area (TPSA) is 29.5 Å². The molecule has 1 aromatic carbocycles. The number of halogens is 1. The molecule has 100 valence electrons. The van der Waals surface area contributed by atoms with Gasteiger partial charge in [-0.25, -0.2) is 9.18 Å². The van der Waals surface area contributed by atoms with Crippen LogP contribution in [0.25, 0.3) is 0 Å². The normalized spacial score (nSPS) is 11.2. The maximum absolute atomic E-state index is 13.1. The van der Waals surface area contributed by atoms with Gasteiger partial charge >= 0.3 is 6.09 Å². The molecular formula is C14H20FNO2. The van der Waals surface area contributed by atoms with Crippen molar-refractivity contribution in [3.8, 4) is 0 Å². The molecule has 1 rings (SSSR count). The standard InChI is InChI=1S/C14H20FNO2/c1-5-16(13(17)18-14(2,3)4)10-11-7-6-8-12(15)9-11/h6-9H,5,10H2,1-4H3. The van der Waals surface area contributed by atoms with Crippen LogP contribution >= 0.6 is 0 Å². The first-order valence-electron chi connectivity index (χ1n) is 6.04. The van der Waals surface area contributed by atoms with E-state index in [4.69, 9.17) is 4.74 Å². The molecule has 0 heterocycles. The SMILES string of the molecule is CCN(Cc1cccc(F)c1)C(=O)OC(C)(C)C. The summed E-state index contributed by atoms with van der Waals surface area (Å²) in [4.78, 5) is 13.4. The third-order valence-corrected chi connectivity index (χ3v) is 2.30. The summed E-state index contributed by atoms with van der Waals surface area (Å²) in [6, 6.07) is 6.23. The van der Waals surface area contributed by atoms with Gasteiger partial charge in [0, 0.05) is 13.1 Å². The minimum atomic E-state index is -0.521. The number of rotatable bonds is 3. The number of carbonyl (C=O) groups excluding carboxylic acids is 1. The number of ether oxygens (including phenoxy) is 1. The van der Waals surface area contributed by atoms with Crippen molar-refractivity contribution >= 4 is 6.09 Å². The Kier molecular flexibility index (Phi) is 4.70. The average Bonchev–Trinajstić information content (AvgIpc) is 2.23. The van der Waals surface area contributed by atoms with Crippen molar-refractivity contribution in [2.24, 2.45) is 0 Å². The fraction of sp³-hybridized carbons (Fsp3) is 0.500. The molecule has 0 unspecified atom stereocenters. The van der Waals surface area contributed by atoms with Crippen LogP contribution in [-0.4, -0.2) is 23.1 Å². The van der Waals surface area contributed by atoms with Crippen LogP contribution in [0.4, 0.5) is 9.18 Å². The van der Waals surface area contributed by atoms with E-state index < -0.39 is 5.60 Å². The van der Waals surface area contributed by atoms with E-state index in [2.05, 4.69) is 0 Å². The summed E-state index contributed by atoms with van der Waals surface area (Å²) in [6.45, 7) is 8.20. The first kappa shape index (κ1) is 14.5. The molecule has 1 amide bonds. The van der Waals surface area contributed by atoms with Gasteiger partial charge in [-0.1, -0.05) is 12.1 Å². The number of nitrogens with zero attached hydrogens (tertiary/aromatic N) is 1. The van der Waals surface area contributed by atoms with E-state index in [1.807, 2.05) is 27.7 Å². The van der Waals surface area contributed by atoms with Gasteiger partial charge in [-0.3, -0.25) is 0 Å². The van der Waals surface area contributed by atoms with Crippen molar-refractivity contribution in [1.82, 2.24) is 4.90 Å². The molecule has 1 aromatic rings. The number of amides is 1. The van der Waals surface area contributed by atoms with Crippen LogP contribution in [0.2, 0.25) is 0 Å². The van der Waals surface area contributed by atoms with Crippen LogP contribution in [-0.2, 0) is 11.3 Å². The lowest BCUT2D eigenvalue weighted by molar-refractivity contribution is 0.0244. The summed E-state index contributed by atoms with van der Waals surface area (Å²) in [5.41, 5.74) is 0.231. The minimum Gasteiger partial charge on any atom is -0.444 e. The van der Waals surface area contributed by atoms with E-state index in [1.54, 1.807) is 17.0 Å². The molecule has 0 aliphatic heterocycles. The van der Waals surface area contributed by atoms with E-state index in [9.17, 15) is 9.18 Å². The lowest BCUT2D eigenvalue weighted by Crippen LogP contribution is -2.36. The summed E-state index contributed by atoms with van der Waals surface area (Å²) < 4.78 is 18.3. The van der Waals surface area contributed by atoms with E-state index in [0.29, 0.717) is 13.1 Å². The highest BCUT2D eigenvalue weighted by molar-refractivity contribution is 5.68. The molecule has 0 atom stereocenters. The monoisotopic (exact) mass is 253 g/mol. The number of hydrogen-bond donors (Lipinski definition) is 0. The van der Waals surface area contributed by atoms with Crippen LogP contribution in [0.3, 0.4) is 0 Å². The van der Waals surface area contributed by atoms with Crippen LogP contribution in [0.1, 0.15) is 33.3 Å². The molecule has 0 bridgehead atoms. The fourth-order valence-electron chi connectivity index (χ4n) is 1.49. The number of benzene rings is 1. The lowest BCUT2D eigenvalue weighted by Gasteiger charge is -2.26. The minimum absolute atomic E-state index is 0.298. The van der Waals surface area contributed by atoms with Crippen molar-refractivity contribution in [3.05, 3.63) is 35.6 Å². The molecular weight excluding hydrogens is 233 g/mol. The van der Waals surface area contributed by atoms with Crippen LogP contribution in [0, 0.1) is 5.82 Å². The second-order valence-corrected chi connectivity index (χ2v) is 5.12. The molecule has 0 saturated heterocycles. The van der Waals surface area contributed by atoms with Crippen LogP contribution < -0.4 is 0 Å². The fourth-order valence-corrected chi connectivity index (χ4v) is 1.49. The van der Waals surface area contributed by atoms with E-state index in [0.717, 1.165) is 5.56 Å². The molecule has 18 heavy (non-hydrogen) atoms. The Hall–Kier alpha value is -1.58. The van der Waals surface area contributed by atoms with Gasteiger partial charge < -0.3 is 9.64 Å². The maximum Gasteiger partial charge on any atom is 0.410 e. The Labute approximate surface area is 108 Å². The Balaban J connectivity index is 2.70. The first-order valence-corrected chi connectivity index (χ1v) is 6.04. The lowest BCUT2D eigenvalue weighted by atomic mass is 10.2. The third-order valence-electron chi connectivity index (χ3n) is 2.30. The zero-order valence-electron chi connectivity index (χ0n) is 11.4. The Morgan fingerprint density at radius 3 is 2.56 bits per heavy atom. The average molecular weight is 253 g/mol. The van der Waals surface area contributed by atoms with Crippen molar-refractivity contribution < 1.29 is 13.9 Å². The van der Waals surface area contributed by atoms with Gasteiger partial charge in [-0.05, 0) is 45.4 Å². The highest BCUT2D eigenvalue weighted by Crippen LogP contribution is 2.13. The smallest absolute Gasteiger partial charge is 0.410 e. The molecule has 0 spiro atoms. The molecule has 0 radical (unpaired) electrons. The molecule has 4 heteroatoms. The van der Waals surface area contributed by atoms with Gasteiger partial charge in [-0.2, -0.15) is 0 Å². The predicted molar refractivity (Wildman–Crippen MR) is 68.7 cm³/mol. The molecule has 0 aliphatic rings. The van der Waals surface area contributed by atoms with Crippen molar-refractivity contribution in [2.45, 2.75) is 39.8 Å². The van der Waals surface area contributed by atoms with Gasteiger partial charge in [-0.15, -0.1) is 0 Å². The Bertz CT molecular complexity index is 413. The third kappa shape index (κ3) is 4.73. The van der Waals surface area contributed by atoms with Gasteiger partial charge in [0.2, 0.25) is 0 Å². The number of hydrogen-bond acceptors (Lipinski definition) is 2. The van der Waals surface area contributed by atoms with E-state index in [1.165, 1.54) is 12.1 Å². The van der Waals surface area contributed by atoms with Gasteiger partial charge in [0.15, 0.2) is 0 Å². The zero-order valence-corrected chi connectivity index (χ0v) is 11.4. The van der Waals surface area contributed by atoms with Crippen LogP contribution in [0.5, 0.6) is 0 Å². The summed E-state index contributed by atoms with van der Waals surface area (Å²) in [5, 5.41) is 0. The molecule has 0 aromatic heterocycles. The molecule has 0 saturated carbocycles. The molecule has 0 fully saturated rings.